The predicted octanol–water partition coefficient (Wildman–Crippen LogP) is 1.44. The van der Waals surface area contributed by atoms with E-state index in [1.165, 1.54) is 12.1 Å². The van der Waals surface area contributed by atoms with Gasteiger partial charge in [-0.05, 0) is 19.1 Å². The van der Waals surface area contributed by atoms with Gasteiger partial charge in [0.25, 0.3) is 0 Å². The molecule has 0 aliphatic carbocycles. The molecule has 1 atom stereocenters. The molecule has 13 heavy (non-hydrogen) atoms. The number of halogens is 1. The minimum Gasteiger partial charge on any atom is -0.322 e. The smallest absolute Gasteiger partial charge is 0.144 e. The normalized spacial score (nSPS) is 12.2. The van der Waals surface area contributed by atoms with Crippen molar-refractivity contribution < 1.29 is 4.39 Å². The number of aryl methyl sites for hydroxylation is 1. The van der Waals surface area contributed by atoms with Crippen molar-refractivity contribution in [3.63, 3.8) is 0 Å². The van der Waals surface area contributed by atoms with E-state index >= 15 is 0 Å². The molecule has 0 aliphatic heterocycles. The van der Waals surface area contributed by atoms with Gasteiger partial charge in [0.15, 0.2) is 0 Å². The fraction of sp³-hybridized carbons (Fsp3) is 0.333. The van der Waals surface area contributed by atoms with Crippen molar-refractivity contribution in [1.82, 2.24) is 4.98 Å². The molecule has 0 fully saturated rings. The first-order chi connectivity index (χ1) is 6.15. The number of pyridine rings is 1. The second-order valence-electron chi connectivity index (χ2n) is 2.77. The Bertz CT molecular complexity index is 343. The van der Waals surface area contributed by atoms with Crippen LogP contribution in [0.15, 0.2) is 12.1 Å². The lowest BCUT2D eigenvalue weighted by atomic mass is 10.1. The first kappa shape index (κ1) is 9.62. The molecule has 0 radical (unpaired) electrons. The number of hydrogen-bond donors (Lipinski definition) is 1. The van der Waals surface area contributed by atoms with Gasteiger partial charge in [0.05, 0.1) is 29.9 Å². The molecule has 1 aromatic heterocycles. The highest BCUT2D eigenvalue weighted by atomic mass is 19.1. The highest BCUT2D eigenvalue weighted by Gasteiger charge is 2.08. The first-order valence-electron chi connectivity index (χ1n) is 3.90. The van der Waals surface area contributed by atoms with E-state index in [0.29, 0.717) is 11.4 Å². The molecule has 0 aliphatic rings. The summed E-state index contributed by atoms with van der Waals surface area (Å²) in [5, 5.41) is 8.39. The van der Waals surface area contributed by atoms with E-state index in [4.69, 9.17) is 11.0 Å². The summed E-state index contributed by atoms with van der Waals surface area (Å²) >= 11 is 0. The molecule has 68 valence electrons. The van der Waals surface area contributed by atoms with Gasteiger partial charge >= 0.3 is 0 Å². The van der Waals surface area contributed by atoms with Crippen molar-refractivity contribution in [3.05, 3.63) is 29.3 Å². The monoisotopic (exact) mass is 179 g/mol. The Hall–Kier alpha value is -1.47. The second kappa shape index (κ2) is 3.97. The Morgan fingerprint density at radius 3 is 2.92 bits per heavy atom. The van der Waals surface area contributed by atoms with Gasteiger partial charge in [-0.15, -0.1) is 0 Å². The molecular formula is C9H10FN3. The fourth-order valence-corrected chi connectivity index (χ4v) is 0.973. The van der Waals surface area contributed by atoms with Crippen LogP contribution in [0.5, 0.6) is 0 Å². The molecule has 0 unspecified atom stereocenters. The van der Waals surface area contributed by atoms with Gasteiger partial charge in [-0.25, -0.2) is 4.39 Å². The molecule has 0 amide bonds. The summed E-state index contributed by atoms with van der Waals surface area (Å²) in [6.45, 7) is 1.57. The van der Waals surface area contributed by atoms with Gasteiger partial charge in [-0.2, -0.15) is 5.26 Å². The lowest BCUT2D eigenvalue weighted by Gasteiger charge is -2.07. The van der Waals surface area contributed by atoms with Gasteiger partial charge in [-0.1, -0.05) is 0 Å². The highest BCUT2D eigenvalue weighted by molar-refractivity contribution is 5.15. The summed E-state index contributed by atoms with van der Waals surface area (Å²) in [5.74, 6) is -0.354. The van der Waals surface area contributed by atoms with E-state index in [2.05, 4.69) is 4.98 Å². The third-order valence-corrected chi connectivity index (χ3v) is 1.73. The standard InChI is InChI=1S/C9H10FN3/c1-6-7(10)2-3-9(13-6)8(12)4-5-11/h2-3,8H,4,12H2,1H3/t8-/m0/s1. The zero-order valence-corrected chi connectivity index (χ0v) is 7.29. The summed E-state index contributed by atoms with van der Waals surface area (Å²) in [4.78, 5) is 3.94. The van der Waals surface area contributed by atoms with Crippen LogP contribution in [-0.2, 0) is 0 Å². The molecule has 0 aromatic carbocycles. The van der Waals surface area contributed by atoms with Crippen molar-refractivity contribution in [2.45, 2.75) is 19.4 Å². The number of rotatable bonds is 2. The first-order valence-corrected chi connectivity index (χ1v) is 3.90. The Kier molecular flexibility index (Phi) is 2.93. The van der Waals surface area contributed by atoms with Gasteiger partial charge in [0.2, 0.25) is 0 Å². The molecule has 4 heteroatoms. The molecule has 2 N–H and O–H groups in total. The zero-order valence-electron chi connectivity index (χ0n) is 7.29. The largest absolute Gasteiger partial charge is 0.322 e. The van der Waals surface area contributed by atoms with E-state index in [-0.39, 0.29) is 12.2 Å². The Morgan fingerprint density at radius 1 is 1.69 bits per heavy atom. The van der Waals surface area contributed by atoms with Crippen molar-refractivity contribution in [3.8, 4) is 6.07 Å². The van der Waals surface area contributed by atoms with Gasteiger partial charge < -0.3 is 5.73 Å². The maximum atomic E-state index is 12.8. The number of nitrogens with two attached hydrogens (primary N) is 1. The fourth-order valence-electron chi connectivity index (χ4n) is 0.973. The number of nitrogens with zero attached hydrogens (tertiary/aromatic N) is 2. The van der Waals surface area contributed by atoms with Crippen LogP contribution in [0.4, 0.5) is 4.39 Å². The zero-order chi connectivity index (χ0) is 9.84. The summed E-state index contributed by atoms with van der Waals surface area (Å²) in [7, 11) is 0. The Morgan fingerprint density at radius 2 is 2.38 bits per heavy atom. The predicted molar refractivity (Wildman–Crippen MR) is 46.1 cm³/mol. The average Bonchev–Trinajstić information content (AvgIpc) is 2.10. The second-order valence-corrected chi connectivity index (χ2v) is 2.77. The maximum Gasteiger partial charge on any atom is 0.144 e. The number of hydrogen-bond acceptors (Lipinski definition) is 3. The molecule has 0 saturated carbocycles. The molecular weight excluding hydrogens is 169 g/mol. The summed E-state index contributed by atoms with van der Waals surface area (Å²) in [6.07, 6.45) is 0.193. The lowest BCUT2D eigenvalue weighted by molar-refractivity contribution is 0.601. The minimum absolute atomic E-state index is 0.193. The molecule has 3 nitrogen and oxygen atoms in total. The Balaban J connectivity index is 2.91. The summed E-state index contributed by atoms with van der Waals surface area (Å²) in [5.41, 5.74) is 6.48. The number of aromatic nitrogens is 1. The topological polar surface area (TPSA) is 62.7 Å². The van der Waals surface area contributed by atoms with Crippen LogP contribution >= 0.6 is 0 Å². The highest BCUT2D eigenvalue weighted by Crippen LogP contribution is 2.12. The quantitative estimate of drug-likeness (QED) is 0.747. The van der Waals surface area contributed by atoms with Crippen LogP contribution in [0.2, 0.25) is 0 Å². The van der Waals surface area contributed by atoms with Crippen LogP contribution in [-0.4, -0.2) is 4.98 Å². The maximum absolute atomic E-state index is 12.8. The average molecular weight is 179 g/mol. The van der Waals surface area contributed by atoms with E-state index in [1.807, 2.05) is 6.07 Å². The molecule has 1 heterocycles. The minimum atomic E-state index is -0.427. The lowest BCUT2D eigenvalue weighted by Crippen LogP contribution is -2.12. The summed E-state index contributed by atoms with van der Waals surface area (Å²) < 4.78 is 12.8. The van der Waals surface area contributed by atoms with Crippen LogP contribution in [0.3, 0.4) is 0 Å². The third kappa shape index (κ3) is 2.23. The SMILES string of the molecule is Cc1nc([C@@H](N)CC#N)ccc1F. The van der Waals surface area contributed by atoms with Crippen molar-refractivity contribution in [2.75, 3.05) is 0 Å². The van der Waals surface area contributed by atoms with Gasteiger partial charge in [0.1, 0.15) is 5.82 Å². The van der Waals surface area contributed by atoms with Crippen molar-refractivity contribution in [2.24, 2.45) is 5.73 Å². The number of nitriles is 1. The van der Waals surface area contributed by atoms with E-state index < -0.39 is 6.04 Å². The third-order valence-electron chi connectivity index (χ3n) is 1.73. The molecule has 1 aromatic rings. The van der Waals surface area contributed by atoms with Crippen LogP contribution in [0.25, 0.3) is 0 Å². The van der Waals surface area contributed by atoms with Crippen molar-refractivity contribution in [1.29, 1.82) is 5.26 Å². The molecule has 0 bridgehead atoms. The van der Waals surface area contributed by atoms with E-state index in [0.717, 1.165) is 0 Å². The van der Waals surface area contributed by atoms with Crippen LogP contribution in [0.1, 0.15) is 23.9 Å². The van der Waals surface area contributed by atoms with E-state index in [9.17, 15) is 4.39 Å². The van der Waals surface area contributed by atoms with Crippen LogP contribution in [0, 0.1) is 24.1 Å². The summed E-state index contributed by atoms with van der Waals surface area (Å²) in [6, 6.07) is 4.33. The van der Waals surface area contributed by atoms with E-state index in [1.54, 1.807) is 6.92 Å². The molecule has 1 rings (SSSR count). The van der Waals surface area contributed by atoms with Gasteiger partial charge in [-0.3, -0.25) is 4.98 Å². The molecule has 0 spiro atoms. The van der Waals surface area contributed by atoms with Crippen molar-refractivity contribution >= 4 is 0 Å². The van der Waals surface area contributed by atoms with Crippen LogP contribution < -0.4 is 5.73 Å². The molecule has 0 saturated heterocycles. The van der Waals surface area contributed by atoms with Gasteiger partial charge in [0, 0.05) is 0 Å². The Labute approximate surface area is 76.0 Å².